The van der Waals surface area contributed by atoms with Crippen molar-refractivity contribution in [3.63, 3.8) is 0 Å². The summed E-state index contributed by atoms with van der Waals surface area (Å²) >= 11 is 7.46. The van der Waals surface area contributed by atoms with Crippen molar-refractivity contribution in [1.82, 2.24) is 14.9 Å². The fourth-order valence-corrected chi connectivity index (χ4v) is 3.68. The van der Waals surface area contributed by atoms with E-state index in [4.69, 9.17) is 11.6 Å². The average molecular weight is 363 g/mol. The van der Waals surface area contributed by atoms with E-state index in [1.165, 1.54) is 0 Å². The van der Waals surface area contributed by atoms with Crippen molar-refractivity contribution in [2.45, 2.75) is 17.1 Å². The number of rotatable bonds is 4. The minimum atomic E-state index is -0.120. The van der Waals surface area contributed by atoms with Gasteiger partial charge in [0.1, 0.15) is 0 Å². The van der Waals surface area contributed by atoms with Crippen LogP contribution in [0, 0.1) is 0 Å². The molecule has 2 aromatic rings. The van der Waals surface area contributed by atoms with Crippen LogP contribution in [0.5, 0.6) is 0 Å². The van der Waals surface area contributed by atoms with Crippen LogP contribution < -0.4 is 4.90 Å². The number of carbonyl (C=O) groups excluding carboxylic acids is 1. The van der Waals surface area contributed by atoms with Gasteiger partial charge in [0.15, 0.2) is 0 Å². The number of anilines is 1. The van der Waals surface area contributed by atoms with Crippen molar-refractivity contribution in [3.8, 4) is 0 Å². The number of aromatic nitrogens is 2. The molecule has 5 nitrogen and oxygen atoms in total. The summed E-state index contributed by atoms with van der Waals surface area (Å²) in [4.78, 5) is 26.3. The maximum atomic E-state index is 12.6. The Balaban J connectivity index is 1.53. The molecule has 1 aromatic carbocycles. The number of nitrogens with zero attached hydrogens (tertiary/aromatic N) is 4. The van der Waals surface area contributed by atoms with Crippen molar-refractivity contribution in [2.75, 3.05) is 31.1 Å². The molecule has 0 radical (unpaired) electrons. The van der Waals surface area contributed by atoms with Crippen LogP contribution in [0.1, 0.15) is 6.92 Å². The summed E-state index contributed by atoms with van der Waals surface area (Å²) < 4.78 is 0. The highest BCUT2D eigenvalue weighted by Gasteiger charge is 2.26. The van der Waals surface area contributed by atoms with Crippen LogP contribution >= 0.6 is 23.4 Å². The van der Waals surface area contributed by atoms with Gasteiger partial charge in [0.2, 0.25) is 11.9 Å². The lowest BCUT2D eigenvalue weighted by Crippen LogP contribution is -2.51. The zero-order chi connectivity index (χ0) is 16.9. The second kappa shape index (κ2) is 7.85. The Bertz CT molecular complexity index is 675. The Morgan fingerprint density at radius 2 is 1.75 bits per heavy atom. The van der Waals surface area contributed by atoms with Gasteiger partial charge in [-0.25, -0.2) is 9.97 Å². The molecule has 0 N–H and O–H groups in total. The standard InChI is InChI=1S/C17H19ClN4OS/c1-13(24-15-5-3-14(18)4-6-15)16(23)21-9-11-22(12-10-21)17-19-7-2-8-20-17/h2-8,13H,9-12H2,1H3. The fraction of sp³-hybridized carbons (Fsp3) is 0.353. The first-order valence-electron chi connectivity index (χ1n) is 7.86. The quantitative estimate of drug-likeness (QED) is 0.782. The highest BCUT2D eigenvalue weighted by Crippen LogP contribution is 2.26. The molecule has 24 heavy (non-hydrogen) atoms. The minimum Gasteiger partial charge on any atom is -0.338 e. The first-order chi connectivity index (χ1) is 11.6. The molecule has 0 aliphatic carbocycles. The summed E-state index contributed by atoms with van der Waals surface area (Å²) in [6, 6.07) is 9.39. The fourth-order valence-electron chi connectivity index (χ4n) is 2.61. The third-order valence-electron chi connectivity index (χ3n) is 3.90. The van der Waals surface area contributed by atoms with Gasteiger partial charge < -0.3 is 9.80 Å². The normalized spacial score (nSPS) is 16.1. The summed E-state index contributed by atoms with van der Waals surface area (Å²) in [6.07, 6.45) is 3.48. The van der Waals surface area contributed by atoms with Crippen LogP contribution in [0.2, 0.25) is 5.02 Å². The summed E-state index contributed by atoms with van der Waals surface area (Å²) in [5, 5.41) is 0.586. The average Bonchev–Trinajstić information content (AvgIpc) is 2.64. The highest BCUT2D eigenvalue weighted by atomic mass is 35.5. The largest absolute Gasteiger partial charge is 0.338 e. The molecule has 0 saturated carbocycles. The molecule has 3 rings (SSSR count). The van der Waals surface area contributed by atoms with E-state index in [-0.39, 0.29) is 11.2 Å². The van der Waals surface area contributed by atoms with Crippen molar-refractivity contribution in [1.29, 1.82) is 0 Å². The molecule has 1 unspecified atom stereocenters. The summed E-state index contributed by atoms with van der Waals surface area (Å²) in [6.45, 7) is 4.86. The summed E-state index contributed by atoms with van der Waals surface area (Å²) in [5.74, 6) is 0.900. The first-order valence-corrected chi connectivity index (χ1v) is 9.12. The Morgan fingerprint density at radius 1 is 1.12 bits per heavy atom. The lowest BCUT2D eigenvalue weighted by atomic mass is 10.3. The number of halogens is 1. The SMILES string of the molecule is CC(Sc1ccc(Cl)cc1)C(=O)N1CCN(c2ncccn2)CC1. The van der Waals surface area contributed by atoms with Gasteiger partial charge in [0.05, 0.1) is 5.25 Å². The van der Waals surface area contributed by atoms with Gasteiger partial charge in [-0.2, -0.15) is 0 Å². The van der Waals surface area contributed by atoms with E-state index < -0.39 is 0 Å². The molecule has 1 aliphatic rings. The van der Waals surface area contributed by atoms with Crippen LogP contribution in [0.25, 0.3) is 0 Å². The maximum Gasteiger partial charge on any atom is 0.235 e. The topological polar surface area (TPSA) is 49.3 Å². The molecule has 1 atom stereocenters. The number of amides is 1. The van der Waals surface area contributed by atoms with Crippen LogP contribution in [0.15, 0.2) is 47.6 Å². The molecule has 1 aliphatic heterocycles. The molecular formula is C17H19ClN4OS. The van der Waals surface area contributed by atoms with Gasteiger partial charge in [-0.1, -0.05) is 11.6 Å². The van der Waals surface area contributed by atoms with Crippen LogP contribution in [0.3, 0.4) is 0 Å². The summed E-state index contributed by atoms with van der Waals surface area (Å²) in [5.41, 5.74) is 0. The maximum absolute atomic E-state index is 12.6. The Hall–Kier alpha value is -1.79. The lowest BCUT2D eigenvalue weighted by Gasteiger charge is -2.35. The van der Waals surface area contributed by atoms with E-state index in [0.29, 0.717) is 18.1 Å². The van der Waals surface area contributed by atoms with Gasteiger partial charge >= 0.3 is 0 Å². The third kappa shape index (κ3) is 4.19. The van der Waals surface area contributed by atoms with E-state index in [1.807, 2.05) is 36.1 Å². The van der Waals surface area contributed by atoms with Gasteiger partial charge in [0.25, 0.3) is 0 Å². The van der Waals surface area contributed by atoms with Gasteiger partial charge in [-0.05, 0) is 37.3 Å². The molecule has 126 valence electrons. The number of thioether (sulfide) groups is 1. The lowest BCUT2D eigenvalue weighted by molar-refractivity contribution is -0.130. The molecule has 0 spiro atoms. The first kappa shape index (κ1) is 17.0. The monoisotopic (exact) mass is 362 g/mol. The van der Waals surface area contributed by atoms with Crippen molar-refractivity contribution >= 4 is 35.2 Å². The van der Waals surface area contributed by atoms with E-state index in [2.05, 4.69) is 14.9 Å². The molecule has 1 amide bonds. The minimum absolute atomic E-state index is 0.120. The van der Waals surface area contributed by atoms with Gasteiger partial charge in [-0.3, -0.25) is 4.79 Å². The number of hydrogen-bond donors (Lipinski definition) is 0. The number of piperazine rings is 1. The molecule has 1 fully saturated rings. The smallest absolute Gasteiger partial charge is 0.235 e. The van der Waals surface area contributed by atoms with E-state index in [1.54, 1.807) is 30.2 Å². The molecule has 0 bridgehead atoms. The van der Waals surface area contributed by atoms with Crippen LogP contribution in [-0.2, 0) is 4.79 Å². The number of benzene rings is 1. The molecular weight excluding hydrogens is 344 g/mol. The summed E-state index contributed by atoms with van der Waals surface area (Å²) in [7, 11) is 0. The Labute approximate surface area is 151 Å². The Morgan fingerprint density at radius 3 is 2.38 bits per heavy atom. The van der Waals surface area contributed by atoms with Gasteiger partial charge in [0, 0.05) is 48.5 Å². The van der Waals surface area contributed by atoms with Crippen molar-refractivity contribution in [2.24, 2.45) is 0 Å². The highest BCUT2D eigenvalue weighted by molar-refractivity contribution is 8.00. The van der Waals surface area contributed by atoms with E-state index >= 15 is 0 Å². The predicted molar refractivity (Wildman–Crippen MR) is 97.6 cm³/mol. The molecule has 1 aromatic heterocycles. The molecule has 7 heteroatoms. The second-order valence-corrected chi connectivity index (χ2v) is 7.43. The van der Waals surface area contributed by atoms with Crippen molar-refractivity contribution < 1.29 is 4.79 Å². The van der Waals surface area contributed by atoms with Gasteiger partial charge in [-0.15, -0.1) is 11.8 Å². The van der Waals surface area contributed by atoms with Crippen LogP contribution in [0.4, 0.5) is 5.95 Å². The zero-order valence-electron chi connectivity index (χ0n) is 13.4. The van der Waals surface area contributed by atoms with E-state index in [0.717, 1.165) is 23.9 Å². The number of carbonyl (C=O) groups is 1. The van der Waals surface area contributed by atoms with E-state index in [9.17, 15) is 4.79 Å². The Kier molecular flexibility index (Phi) is 5.58. The van der Waals surface area contributed by atoms with Crippen molar-refractivity contribution in [3.05, 3.63) is 47.7 Å². The van der Waals surface area contributed by atoms with Crippen LogP contribution in [-0.4, -0.2) is 52.2 Å². The molecule has 2 heterocycles. The predicted octanol–water partition coefficient (Wildman–Crippen LogP) is 2.96. The zero-order valence-corrected chi connectivity index (χ0v) is 15.0. The number of hydrogen-bond acceptors (Lipinski definition) is 5. The third-order valence-corrected chi connectivity index (χ3v) is 5.25. The second-order valence-electron chi connectivity index (χ2n) is 5.58. The molecule has 1 saturated heterocycles.